The summed E-state index contributed by atoms with van der Waals surface area (Å²) in [6.07, 6.45) is 48.2. The lowest BCUT2D eigenvalue weighted by Crippen LogP contribution is -2.30. The van der Waals surface area contributed by atoms with Crippen LogP contribution < -0.4 is 0 Å². The SMILES string of the molecule is CC(C)CCCCCCCCCCCCCCCCCCC(=O)OC[C@H](COC(=O)CCCCCCCCCCCCCCC(C)C)OC(=O)CCCCCCCCCC(C)C. The Labute approximate surface area is 387 Å². The van der Waals surface area contributed by atoms with Crippen molar-refractivity contribution in [2.45, 2.75) is 311 Å². The van der Waals surface area contributed by atoms with Crippen LogP contribution in [0, 0.1) is 17.8 Å². The first-order valence-electron chi connectivity index (χ1n) is 27.6. The van der Waals surface area contributed by atoms with Gasteiger partial charge in [-0.3, -0.25) is 14.4 Å². The Hall–Kier alpha value is -1.59. The van der Waals surface area contributed by atoms with Gasteiger partial charge in [-0.15, -0.1) is 0 Å². The highest BCUT2D eigenvalue weighted by molar-refractivity contribution is 5.71. The maximum atomic E-state index is 12.8. The van der Waals surface area contributed by atoms with E-state index >= 15 is 0 Å². The van der Waals surface area contributed by atoms with E-state index in [1.54, 1.807) is 0 Å². The fourth-order valence-electron chi connectivity index (χ4n) is 8.47. The molecule has 0 N–H and O–H groups in total. The Balaban J connectivity index is 4.23. The summed E-state index contributed by atoms with van der Waals surface area (Å²) in [6, 6.07) is 0. The highest BCUT2D eigenvalue weighted by Crippen LogP contribution is 2.18. The van der Waals surface area contributed by atoms with Crippen LogP contribution in [0.2, 0.25) is 0 Å². The van der Waals surface area contributed by atoms with Crippen molar-refractivity contribution < 1.29 is 28.6 Å². The molecule has 6 nitrogen and oxygen atoms in total. The van der Waals surface area contributed by atoms with Crippen molar-refractivity contribution in [2.75, 3.05) is 13.2 Å². The van der Waals surface area contributed by atoms with E-state index in [-0.39, 0.29) is 31.1 Å². The van der Waals surface area contributed by atoms with E-state index in [2.05, 4.69) is 41.5 Å². The van der Waals surface area contributed by atoms with Gasteiger partial charge >= 0.3 is 17.9 Å². The van der Waals surface area contributed by atoms with Crippen molar-refractivity contribution in [1.29, 1.82) is 0 Å². The van der Waals surface area contributed by atoms with Crippen LogP contribution in [0.3, 0.4) is 0 Å². The normalized spacial score (nSPS) is 12.1. The maximum Gasteiger partial charge on any atom is 0.306 e. The number of ether oxygens (including phenoxy) is 3. The zero-order valence-corrected chi connectivity index (χ0v) is 42.7. The molecule has 0 unspecified atom stereocenters. The summed E-state index contributed by atoms with van der Waals surface area (Å²) in [6.45, 7) is 13.7. The van der Waals surface area contributed by atoms with Gasteiger partial charge in [-0.1, -0.05) is 266 Å². The second-order valence-corrected chi connectivity index (χ2v) is 20.6. The molecule has 0 aliphatic rings. The molecule has 0 saturated heterocycles. The number of esters is 3. The minimum atomic E-state index is -0.763. The summed E-state index contributed by atoms with van der Waals surface area (Å²) in [5, 5.41) is 0. The Morgan fingerprint density at radius 3 is 0.694 bits per heavy atom. The molecular formula is C56H108O6. The fourth-order valence-corrected chi connectivity index (χ4v) is 8.47. The second-order valence-electron chi connectivity index (χ2n) is 20.6. The summed E-state index contributed by atoms with van der Waals surface area (Å²) in [4.78, 5) is 38.0. The first-order chi connectivity index (χ1) is 30.1. The third-order valence-corrected chi connectivity index (χ3v) is 12.6. The Bertz CT molecular complexity index is 960. The lowest BCUT2D eigenvalue weighted by molar-refractivity contribution is -0.167. The molecule has 0 rings (SSSR count). The quantitative estimate of drug-likeness (QED) is 0.0344. The molecule has 0 amide bonds. The van der Waals surface area contributed by atoms with E-state index in [1.165, 1.54) is 186 Å². The van der Waals surface area contributed by atoms with Gasteiger partial charge < -0.3 is 14.2 Å². The zero-order chi connectivity index (χ0) is 45.6. The third-order valence-electron chi connectivity index (χ3n) is 12.6. The topological polar surface area (TPSA) is 78.9 Å². The van der Waals surface area contributed by atoms with E-state index in [9.17, 15) is 14.4 Å². The van der Waals surface area contributed by atoms with Crippen molar-refractivity contribution in [2.24, 2.45) is 17.8 Å². The first-order valence-corrected chi connectivity index (χ1v) is 27.6. The van der Waals surface area contributed by atoms with Gasteiger partial charge in [0.15, 0.2) is 6.10 Å². The summed E-state index contributed by atoms with van der Waals surface area (Å²) >= 11 is 0. The molecule has 0 aliphatic carbocycles. The molecule has 6 heteroatoms. The Morgan fingerprint density at radius 2 is 0.468 bits per heavy atom. The van der Waals surface area contributed by atoms with E-state index in [0.29, 0.717) is 19.3 Å². The predicted molar refractivity (Wildman–Crippen MR) is 266 cm³/mol. The molecule has 62 heavy (non-hydrogen) atoms. The second kappa shape index (κ2) is 47.4. The molecule has 0 aromatic carbocycles. The van der Waals surface area contributed by atoms with Gasteiger partial charge in [-0.2, -0.15) is 0 Å². The minimum Gasteiger partial charge on any atom is -0.462 e. The molecule has 0 aromatic heterocycles. The van der Waals surface area contributed by atoms with Crippen LogP contribution in [0.25, 0.3) is 0 Å². The van der Waals surface area contributed by atoms with Crippen LogP contribution in [0.1, 0.15) is 305 Å². The average molecular weight is 877 g/mol. The van der Waals surface area contributed by atoms with Gasteiger partial charge in [-0.05, 0) is 37.0 Å². The van der Waals surface area contributed by atoms with Crippen LogP contribution in [-0.4, -0.2) is 37.2 Å². The van der Waals surface area contributed by atoms with Crippen LogP contribution in [-0.2, 0) is 28.6 Å². The minimum absolute atomic E-state index is 0.0647. The van der Waals surface area contributed by atoms with Crippen LogP contribution in [0.5, 0.6) is 0 Å². The van der Waals surface area contributed by atoms with Crippen molar-refractivity contribution in [1.82, 2.24) is 0 Å². The van der Waals surface area contributed by atoms with Gasteiger partial charge in [0, 0.05) is 19.3 Å². The number of rotatable bonds is 49. The lowest BCUT2D eigenvalue weighted by atomic mass is 10.0. The lowest BCUT2D eigenvalue weighted by Gasteiger charge is -2.18. The predicted octanol–water partition coefficient (Wildman–Crippen LogP) is 17.9. The number of unbranched alkanes of at least 4 members (excludes halogenated alkanes) is 32. The number of hydrogen-bond donors (Lipinski definition) is 0. The van der Waals surface area contributed by atoms with Gasteiger partial charge in [0.05, 0.1) is 0 Å². The maximum absolute atomic E-state index is 12.8. The molecule has 0 saturated carbocycles. The Morgan fingerprint density at radius 1 is 0.274 bits per heavy atom. The molecule has 0 radical (unpaired) electrons. The smallest absolute Gasteiger partial charge is 0.306 e. The molecule has 0 spiro atoms. The van der Waals surface area contributed by atoms with E-state index in [0.717, 1.165) is 75.5 Å². The Kier molecular flexibility index (Phi) is 46.2. The highest BCUT2D eigenvalue weighted by Gasteiger charge is 2.19. The molecule has 0 bridgehead atoms. The standard InChI is InChI=1S/C56H108O6/c1-50(2)42-36-30-24-19-15-11-9-7-8-10-12-17-21-27-33-39-45-54(57)60-48-53(62-56(59)47-41-35-29-23-26-32-38-44-52(5)6)49-61-55(58)46-40-34-28-22-18-14-13-16-20-25-31-37-43-51(3)4/h50-53H,7-49H2,1-6H3/t53-/m1/s1. The number of carbonyl (C=O) groups is 3. The summed E-state index contributed by atoms with van der Waals surface area (Å²) in [7, 11) is 0. The number of carbonyl (C=O) groups excluding carboxylic acids is 3. The van der Waals surface area contributed by atoms with Crippen molar-refractivity contribution in [3.63, 3.8) is 0 Å². The molecule has 0 fully saturated rings. The van der Waals surface area contributed by atoms with Gasteiger partial charge in [0.2, 0.25) is 0 Å². The van der Waals surface area contributed by atoms with Crippen molar-refractivity contribution >= 4 is 17.9 Å². The number of hydrogen-bond acceptors (Lipinski definition) is 6. The highest BCUT2D eigenvalue weighted by atomic mass is 16.6. The van der Waals surface area contributed by atoms with Gasteiger partial charge in [0.1, 0.15) is 13.2 Å². The molecule has 368 valence electrons. The van der Waals surface area contributed by atoms with Crippen LogP contribution >= 0.6 is 0 Å². The molecule has 1 atom stereocenters. The fraction of sp³-hybridized carbons (Fsp3) is 0.946. The van der Waals surface area contributed by atoms with Crippen molar-refractivity contribution in [3.8, 4) is 0 Å². The molecular weight excluding hydrogens is 769 g/mol. The van der Waals surface area contributed by atoms with Gasteiger partial charge in [0.25, 0.3) is 0 Å². The van der Waals surface area contributed by atoms with Gasteiger partial charge in [-0.25, -0.2) is 0 Å². The summed E-state index contributed by atoms with van der Waals surface area (Å²) < 4.78 is 16.8. The molecule has 0 aromatic rings. The first kappa shape index (κ1) is 60.4. The largest absolute Gasteiger partial charge is 0.462 e. The summed E-state index contributed by atoms with van der Waals surface area (Å²) in [5.41, 5.74) is 0. The zero-order valence-electron chi connectivity index (χ0n) is 42.7. The third kappa shape index (κ3) is 49.4. The molecule has 0 aliphatic heterocycles. The van der Waals surface area contributed by atoms with Crippen LogP contribution in [0.4, 0.5) is 0 Å². The van der Waals surface area contributed by atoms with E-state index < -0.39 is 6.10 Å². The molecule has 0 heterocycles. The van der Waals surface area contributed by atoms with Crippen LogP contribution in [0.15, 0.2) is 0 Å². The van der Waals surface area contributed by atoms with E-state index in [1.807, 2.05) is 0 Å². The van der Waals surface area contributed by atoms with E-state index in [4.69, 9.17) is 14.2 Å². The monoisotopic (exact) mass is 877 g/mol. The summed E-state index contributed by atoms with van der Waals surface area (Å²) in [5.74, 6) is 1.61. The average Bonchev–Trinajstić information content (AvgIpc) is 3.23. The van der Waals surface area contributed by atoms with Crippen molar-refractivity contribution in [3.05, 3.63) is 0 Å².